The second-order valence-electron chi connectivity index (χ2n) is 6.26. The van der Waals surface area contributed by atoms with Gasteiger partial charge in [0.2, 0.25) is 0 Å². The SMILES string of the molecule is CN(C)c1cccc([C@H]2CN(C(=O)COc3cccc(F)c3)CCO2)n1. The fourth-order valence-corrected chi connectivity index (χ4v) is 2.72. The summed E-state index contributed by atoms with van der Waals surface area (Å²) in [6.45, 7) is 1.20. The molecule has 0 unspecified atom stereocenters. The Bertz CT molecular complexity index is 769. The summed E-state index contributed by atoms with van der Waals surface area (Å²) in [5.41, 5.74) is 0.791. The van der Waals surface area contributed by atoms with Crippen LogP contribution >= 0.6 is 0 Å². The van der Waals surface area contributed by atoms with Gasteiger partial charge in [0, 0.05) is 26.7 Å². The van der Waals surface area contributed by atoms with E-state index in [1.54, 1.807) is 17.0 Å². The van der Waals surface area contributed by atoms with Crippen molar-refractivity contribution < 1.29 is 18.7 Å². The Balaban J connectivity index is 1.61. The topological polar surface area (TPSA) is 54.9 Å². The first-order chi connectivity index (χ1) is 12.5. The Hall–Kier alpha value is -2.67. The molecule has 1 aromatic carbocycles. The first kappa shape index (κ1) is 18.1. The number of carbonyl (C=O) groups is 1. The minimum atomic E-state index is -0.395. The molecule has 0 aliphatic carbocycles. The van der Waals surface area contributed by atoms with Crippen molar-refractivity contribution in [2.75, 3.05) is 45.3 Å². The van der Waals surface area contributed by atoms with Crippen LogP contribution in [0.25, 0.3) is 0 Å². The standard InChI is InChI=1S/C19H22FN3O3/c1-22(2)18-8-4-7-16(21-18)17-12-23(9-10-25-17)19(24)13-26-15-6-3-5-14(20)11-15/h3-8,11,17H,9-10,12-13H2,1-2H3/t17-/m1/s1. The van der Waals surface area contributed by atoms with E-state index in [0.717, 1.165) is 11.5 Å². The maximum Gasteiger partial charge on any atom is 0.260 e. The van der Waals surface area contributed by atoms with Gasteiger partial charge in [0.15, 0.2) is 6.61 Å². The Morgan fingerprint density at radius 2 is 2.15 bits per heavy atom. The Morgan fingerprint density at radius 3 is 2.92 bits per heavy atom. The predicted octanol–water partition coefficient (Wildman–Crippen LogP) is 2.27. The maximum absolute atomic E-state index is 13.2. The molecule has 1 aliphatic rings. The fraction of sp³-hybridized carbons (Fsp3) is 0.368. The number of ether oxygens (including phenoxy) is 2. The summed E-state index contributed by atoms with van der Waals surface area (Å²) in [5, 5.41) is 0. The number of anilines is 1. The van der Waals surface area contributed by atoms with Gasteiger partial charge in [-0.05, 0) is 24.3 Å². The van der Waals surface area contributed by atoms with Gasteiger partial charge in [-0.15, -0.1) is 0 Å². The maximum atomic E-state index is 13.2. The largest absolute Gasteiger partial charge is 0.484 e. The average Bonchev–Trinajstić information content (AvgIpc) is 2.66. The van der Waals surface area contributed by atoms with E-state index >= 15 is 0 Å². The summed E-state index contributed by atoms with van der Waals surface area (Å²) in [6, 6.07) is 11.5. The highest BCUT2D eigenvalue weighted by atomic mass is 19.1. The summed E-state index contributed by atoms with van der Waals surface area (Å²) < 4.78 is 24.4. The molecule has 2 heterocycles. The zero-order valence-corrected chi connectivity index (χ0v) is 14.9. The van der Waals surface area contributed by atoms with E-state index in [9.17, 15) is 9.18 Å². The molecule has 0 saturated carbocycles. The molecular formula is C19H22FN3O3. The van der Waals surface area contributed by atoms with Gasteiger partial charge in [-0.25, -0.2) is 9.37 Å². The minimum absolute atomic E-state index is 0.138. The van der Waals surface area contributed by atoms with E-state index in [-0.39, 0.29) is 18.6 Å². The molecule has 2 aromatic rings. The van der Waals surface area contributed by atoms with Gasteiger partial charge in [-0.3, -0.25) is 4.79 Å². The van der Waals surface area contributed by atoms with Crippen molar-refractivity contribution in [2.24, 2.45) is 0 Å². The van der Waals surface area contributed by atoms with E-state index < -0.39 is 5.82 Å². The molecule has 6 nitrogen and oxygen atoms in total. The predicted molar refractivity (Wildman–Crippen MR) is 95.7 cm³/mol. The lowest BCUT2D eigenvalue weighted by molar-refractivity contribution is -0.141. The van der Waals surface area contributed by atoms with Crippen molar-refractivity contribution in [3.05, 3.63) is 54.0 Å². The zero-order valence-electron chi connectivity index (χ0n) is 14.9. The van der Waals surface area contributed by atoms with Crippen LogP contribution in [0.15, 0.2) is 42.5 Å². The van der Waals surface area contributed by atoms with Gasteiger partial charge in [-0.2, -0.15) is 0 Å². The van der Waals surface area contributed by atoms with Crippen LogP contribution in [-0.2, 0) is 9.53 Å². The third-order valence-electron chi connectivity index (χ3n) is 4.12. The molecule has 7 heteroatoms. The van der Waals surface area contributed by atoms with Gasteiger partial charge in [0.1, 0.15) is 23.5 Å². The highest BCUT2D eigenvalue weighted by Crippen LogP contribution is 2.22. The number of rotatable bonds is 5. The van der Waals surface area contributed by atoms with E-state index in [4.69, 9.17) is 9.47 Å². The highest BCUT2D eigenvalue weighted by molar-refractivity contribution is 5.78. The number of hydrogen-bond acceptors (Lipinski definition) is 5. The van der Waals surface area contributed by atoms with Gasteiger partial charge in [0.25, 0.3) is 5.91 Å². The number of morpholine rings is 1. The number of carbonyl (C=O) groups excluding carboxylic acids is 1. The number of benzene rings is 1. The van der Waals surface area contributed by atoms with Crippen LogP contribution in [-0.4, -0.2) is 56.2 Å². The number of halogens is 1. The zero-order chi connectivity index (χ0) is 18.5. The highest BCUT2D eigenvalue weighted by Gasteiger charge is 2.26. The number of nitrogens with zero attached hydrogens (tertiary/aromatic N) is 3. The summed E-state index contributed by atoms with van der Waals surface area (Å²) in [6.07, 6.45) is -0.276. The third kappa shape index (κ3) is 4.49. The van der Waals surface area contributed by atoms with Gasteiger partial charge >= 0.3 is 0 Å². The van der Waals surface area contributed by atoms with E-state index in [2.05, 4.69) is 4.98 Å². The summed E-state index contributed by atoms with van der Waals surface area (Å²) >= 11 is 0. The van der Waals surface area contributed by atoms with Gasteiger partial charge in [0.05, 0.1) is 18.8 Å². The van der Waals surface area contributed by atoms with Crippen molar-refractivity contribution >= 4 is 11.7 Å². The first-order valence-electron chi connectivity index (χ1n) is 8.45. The number of pyridine rings is 1. The number of amides is 1. The smallest absolute Gasteiger partial charge is 0.260 e. The molecule has 1 amide bonds. The third-order valence-corrected chi connectivity index (χ3v) is 4.12. The van der Waals surface area contributed by atoms with Crippen LogP contribution in [0.3, 0.4) is 0 Å². The molecule has 1 fully saturated rings. The fourth-order valence-electron chi connectivity index (χ4n) is 2.72. The van der Waals surface area contributed by atoms with Gasteiger partial charge < -0.3 is 19.3 Å². The Kier molecular flexibility index (Phi) is 5.68. The summed E-state index contributed by atoms with van der Waals surface area (Å²) in [5.74, 6) is 0.618. The molecular weight excluding hydrogens is 337 g/mol. The summed E-state index contributed by atoms with van der Waals surface area (Å²) in [7, 11) is 3.85. The molecule has 26 heavy (non-hydrogen) atoms. The lowest BCUT2D eigenvalue weighted by Crippen LogP contribution is -2.44. The minimum Gasteiger partial charge on any atom is -0.484 e. The van der Waals surface area contributed by atoms with Crippen molar-refractivity contribution in [1.29, 1.82) is 0 Å². The van der Waals surface area contributed by atoms with E-state index in [0.29, 0.717) is 25.4 Å². The van der Waals surface area contributed by atoms with Crippen LogP contribution in [0.4, 0.5) is 10.2 Å². The first-order valence-corrected chi connectivity index (χ1v) is 8.45. The average molecular weight is 359 g/mol. The molecule has 0 radical (unpaired) electrons. The van der Waals surface area contributed by atoms with Crippen LogP contribution in [0.5, 0.6) is 5.75 Å². The quantitative estimate of drug-likeness (QED) is 0.820. The molecule has 1 aliphatic heterocycles. The summed E-state index contributed by atoms with van der Waals surface area (Å²) in [4.78, 5) is 20.6. The van der Waals surface area contributed by atoms with Crippen LogP contribution in [0.1, 0.15) is 11.8 Å². The van der Waals surface area contributed by atoms with Gasteiger partial charge in [-0.1, -0.05) is 12.1 Å². The van der Waals surface area contributed by atoms with Crippen LogP contribution < -0.4 is 9.64 Å². The molecule has 1 atom stereocenters. The molecule has 0 spiro atoms. The van der Waals surface area contributed by atoms with Crippen LogP contribution in [0.2, 0.25) is 0 Å². The molecule has 3 rings (SSSR count). The Labute approximate surface area is 152 Å². The lowest BCUT2D eigenvalue weighted by atomic mass is 10.2. The molecule has 0 bridgehead atoms. The van der Waals surface area contributed by atoms with Crippen molar-refractivity contribution in [3.63, 3.8) is 0 Å². The van der Waals surface area contributed by atoms with E-state index in [1.807, 2.05) is 37.2 Å². The van der Waals surface area contributed by atoms with E-state index in [1.165, 1.54) is 12.1 Å². The van der Waals surface area contributed by atoms with Crippen LogP contribution in [0, 0.1) is 5.82 Å². The van der Waals surface area contributed by atoms with Crippen molar-refractivity contribution in [3.8, 4) is 5.75 Å². The normalized spacial score (nSPS) is 17.0. The molecule has 0 N–H and O–H groups in total. The lowest BCUT2D eigenvalue weighted by Gasteiger charge is -2.32. The number of aromatic nitrogens is 1. The van der Waals surface area contributed by atoms with Crippen molar-refractivity contribution in [2.45, 2.75) is 6.10 Å². The monoisotopic (exact) mass is 359 g/mol. The molecule has 138 valence electrons. The molecule has 1 saturated heterocycles. The Morgan fingerprint density at radius 1 is 1.35 bits per heavy atom. The van der Waals surface area contributed by atoms with Crippen molar-refractivity contribution in [1.82, 2.24) is 9.88 Å². The molecule has 1 aromatic heterocycles. The second kappa shape index (κ2) is 8.14. The second-order valence-corrected chi connectivity index (χ2v) is 6.26. The number of hydrogen-bond donors (Lipinski definition) is 0.